The molecule has 2 aromatic heterocycles. The van der Waals surface area contributed by atoms with Crippen LogP contribution in [-0.2, 0) is 0 Å². The summed E-state index contributed by atoms with van der Waals surface area (Å²) in [5.74, 6) is -0.897. The fraction of sp³-hybridized carbons (Fsp3) is 0. The monoisotopic (exact) mass is 220 g/mol. The van der Waals surface area contributed by atoms with Crippen LogP contribution in [-0.4, -0.2) is 16.1 Å². The average molecular weight is 220 g/mol. The SMILES string of the molecule is NC(=O)c1c(N)c(-c2ccoc2)n[nH]c1=O. The fourth-order valence-electron chi connectivity index (χ4n) is 1.33. The van der Waals surface area contributed by atoms with E-state index in [2.05, 4.69) is 10.2 Å². The molecule has 0 unspecified atom stereocenters. The van der Waals surface area contributed by atoms with Crippen molar-refractivity contribution < 1.29 is 9.21 Å². The number of carbonyl (C=O) groups excluding carboxylic acids is 1. The Morgan fingerprint density at radius 2 is 2.25 bits per heavy atom. The Morgan fingerprint density at radius 1 is 1.50 bits per heavy atom. The maximum Gasteiger partial charge on any atom is 0.279 e. The molecule has 0 saturated heterocycles. The van der Waals surface area contributed by atoms with Gasteiger partial charge in [-0.1, -0.05) is 0 Å². The number of aromatic nitrogens is 2. The summed E-state index contributed by atoms with van der Waals surface area (Å²) >= 11 is 0. The summed E-state index contributed by atoms with van der Waals surface area (Å²) in [6.45, 7) is 0. The van der Waals surface area contributed by atoms with E-state index in [1.54, 1.807) is 6.07 Å². The summed E-state index contributed by atoms with van der Waals surface area (Å²) in [6, 6.07) is 1.60. The lowest BCUT2D eigenvalue weighted by Crippen LogP contribution is -2.26. The predicted octanol–water partition coefficient (Wildman–Crippen LogP) is -0.289. The summed E-state index contributed by atoms with van der Waals surface area (Å²) in [5.41, 5.74) is 10.4. The molecule has 0 aliphatic carbocycles. The number of nitrogens with one attached hydrogen (secondary N) is 1. The Balaban J connectivity index is 2.71. The van der Waals surface area contributed by atoms with Crippen molar-refractivity contribution in [3.8, 4) is 11.3 Å². The third kappa shape index (κ3) is 1.44. The second-order valence-corrected chi connectivity index (χ2v) is 3.07. The Morgan fingerprint density at radius 3 is 2.81 bits per heavy atom. The van der Waals surface area contributed by atoms with Gasteiger partial charge in [-0.15, -0.1) is 0 Å². The molecule has 82 valence electrons. The van der Waals surface area contributed by atoms with E-state index in [-0.39, 0.29) is 16.9 Å². The number of H-pyrrole nitrogens is 1. The first-order valence-corrected chi connectivity index (χ1v) is 4.31. The summed E-state index contributed by atoms with van der Waals surface area (Å²) in [7, 11) is 0. The van der Waals surface area contributed by atoms with Crippen molar-refractivity contribution in [1.82, 2.24) is 10.2 Å². The zero-order chi connectivity index (χ0) is 11.7. The molecule has 7 nitrogen and oxygen atoms in total. The quantitative estimate of drug-likeness (QED) is 0.640. The highest BCUT2D eigenvalue weighted by molar-refractivity contribution is 6.00. The number of furan rings is 1. The molecule has 0 bridgehead atoms. The van der Waals surface area contributed by atoms with Gasteiger partial charge in [-0.25, -0.2) is 5.10 Å². The van der Waals surface area contributed by atoms with Crippen LogP contribution in [0, 0.1) is 0 Å². The molecule has 16 heavy (non-hydrogen) atoms. The molecule has 0 aliphatic rings. The van der Waals surface area contributed by atoms with E-state index < -0.39 is 11.5 Å². The first-order valence-electron chi connectivity index (χ1n) is 4.31. The molecule has 0 aromatic carbocycles. The molecule has 2 heterocycles. The molecule has 5 N–H and O–H groups in total. The number of aromatic amines is 1. The van der Waals surface area contributed by atoms with Crippen molar-refractivity contribution in [2.45, 2.75) is 0 Å². The minimum atomic E-state index is -0.897. The van der Waals surface area contributed by atoms with E-state index in [0.29, 0.717) is 5.56 Å². The minimum absolute atomic E-state index is 0.0577. The molecule has 0 spiro atoms. The van der Waals surface area contributed by atoms with Gasteiger partial charge in [0.2, 0.25) is 0 Å². The van der Waals surface area contributed by atoms with Crippen molar-refractivity contribution >= 4 is 11.6 Å². The summed E-state index contributed by atoms with van der Waals surface area (Å²) in [4.78, 5) is 22.3. The molecular formula is C9H8N4O3. The smallest absolute Gasteiger partial charge is 0.279 e. The van der Waals surface area contributed by atoms with E-state index in [0.717, 1.165) is 0 Å². The highest BCUT2D eigenvalue weighted by atomic mass is 16.3. The highest BCUT2D eigenvalue weighted by Crippen LogP contribution is 2.23. The van der Waals surface area contributed by atoms with Gasteiger partial charge in [0.25, 0.3) is 11.5 Å². The second-order valence-electron chi connectivity index (χ2n) is 3.07. The van der Waals surface area contributed by atoms with Crippen LogP contribution in [0.3, 0.4) is 0 Å². The second kappa shape index (κ2) is 3.54. The average Bonchev–Trinajstić information content (AvgIpc) is 2.70. The molecule has 0 aliphatic heterocycles. The maximum absolute atomic E-state index is 11.3. The summed E-state index contributed by atoms with van der Waals surface area (Å²) < 4.78 is 4.85. The zero-order valence-corrected chi connectivity index (χ0v) is 8.06. The topological polar surface area (TPSA) is 128 Å². The van der Waals surface area contributed by atoms with Crippen molar-refractivity contribution in [3.05, 3.63) is 34.5 Å². The van der Waals surface area contributed by atoms with Crippen molar-refractivity contribution in [3.63, 3.8) is 0 Å². The van der Waals surface area contributed by atoms with Crippen LogP contribution < -0.4 is 17.0 Å². The van der Waals surface area contributed by atoms with Gasteiger partial charge in [-0.2, -0.15) is 5.10 Å². The lowest BCUT2D eigenvalue weighted by molar-refractivity contribution is 0.0999. The molecule has 7 heteroatoms. The zero-order valence-electron chi connectivity index (χ0n) is 8.06. The number of hydrogen-bond acceptors (Lipinski definition) is 5. The number of nitrogen functional groups attached to an aromatic ring is 1. The number of nitrogens with zero attached hydrogens (tertiary/aromatic N) is 1. The van der Waals surface area contributed by atoms with Crippen LogP contribution >= 0.6 is 0 Å². The van der Waals surface area contributed by atoms with E-state index >= 15 is 0 Å². The Kier molecular flexibility index (Phi) is 2.20. The normalized spacial score (nSPS) is 10.2. The summed E-state index contributed by atoms with van der Waals surface area (Å²) in [6.07, 6.45) is 2.81. The number of anilines is 1. The molecule has 0 saturated carbocycles. The standard InChI is InChI=1S/C9H8N4O3/c10-6-5(8(11)14)9(15)13-12-7(6)4-1-2-16-3-4/h1-3H,(H2,11,14)(H3,10,13,15). The van der Waals surface area contributed by atoms with Gasteiger partial charge in [-0.05, 0) is 6.07 Å². The van der Waals surface area contributed by atoms with Crippen molar-refractivity contribution in [1.29, 1.82) is 0 Å². The molecular weight excluding hydrogens is 212 g/mol. The molecule has 0 atom stereocenters. The van der Waals surface area contributed by atoms with Crippen LogP contribution in [0.2, 0.25) is 0 Å². The molecule has 0 fully saturated rings. The highest BCUT2D eigenvalue weighted by Gasteiger charge is 2.17. The minimum Gasteiger partial charge on any atom is -0.472 e. The Hall–Kier alpha value is -2.57. The first kappa shape index (κ1) is 9.97. The van der Waals surface area contributed by atoms with Gasteiger partial charge in [0.15, 0.2) is 0 Å². The lowest BCUT2D eigenvalue weighted by Gasteiger charge is -2.04. The molecule has 0 radical (unpaired) electrons. The van der Waals surface area contributed by atoms with E-state index in [1.165, 1.54) is 12.5 Å². The number of carbonyl (C=O) groups is 1. The predicted molar refractivity (Wildman–Crippen MR) is 55.5 cm³/mol. The maximum atomic E-state index is 11.3. The third-order valence-corrected chi connectivity index (χ3v) is 2.06. The van der Waals surface area contributed by atoms with E-state index in [9.17, 15) is 9.59 Å². The van der Waals surface area contributed by atoms with Crippen LogP contribution in [0.15, 0.2) is 27.8 Å². The van der Waals surface area contributed by atoms with E-state index in [1.807, 2.05) is 0 Å². The van der Waals surface area contributed by atoms with Crippen LogP contribution in [0.5, 0.6) is 0 Å². The molecule has 1 amide bonds. The number of nitrogens with two attached hydrogens (primary N) is 2. The Labute approximate surface area is 89.1 Å². The van der Waals surface area contributed by atoms with Crippen LogP contribution in [0.4, 0.5) is 5.69 Å². The molecule has 2 rings (SSSR count). The lowest BCUT2D eigenvalue weighted by atomic mass is 10.1. The number of hydrogen-bond donors (Lipinski definition) is 3. The fourth-order valence-corrected chi connectivity index (χ4v) is 1.33. The third-order valence-electron chi connectivity index (χ3n) is 2.06. The van der Waals surface area contributed by atoms with Crippen LogP contribution in [0.25, 0.3) is 11.3 Å². The van der Waals surface area contributed by atoms with Crippen molar-refractivity contribution in [2.75, 3.05) is 5.73 Å². The Bertz CT molecular complexity index is 585. The van der Waals surface area contributed by atoms with Gasteiger partial charge < -0.3 is 15.9 Å². The van der Waals surface area contributed by atoms with Crippen molar-refractivity contribution in [2.24, 2.45) is 5.73 Å². The van der Waals surface area contributed by atoms with Gasteiger partial charge >= 0.3 is 0 Å². The van der Waals surface area contributed by atoms with Gasteiger partial charge in [0.1, 0.15) is 11.3 Å². The summed E-state index contributed by atoms with van der Waals surface area (Å²) in [5, 5.41) is 5.88. The van der Waals surface area contributed by atoms with E-state index in [4.69, 9.17) is 15.9 Å². The number of amides is 1. The molecule has 2 aromatic rings. The number of primary amides is 1. The van der Waals surface area contributed by atoms with Gasteiger partial charge in [-0.3, -0.25) is 9.59 Å². The largest absolute Gasteiger partial charge is 0.472 e. The van der Waals surface area contributed by atoms with Gasteiger partial charge in [0, 0.05) is 5.56 Å². The van der Waals surface area contributed by atoms with Gasteiger partial charge in [0.05, 0.1) is 18.2 Å². The van der Waals surface area contributed by atoms with Crippen LogP contribution in [0.1, 0.15) is 10.4 Å². The first-order chi connectivity index (χ1) is 7.61. The number of rotatable bonds is 2.